The summed E-state index contributed by atoms with van der Waals surface area (Å²) < 4.78 is 29.8. The quantitative estimate of drug-likeness (QED) is 0.664. The molecule has 0 bridgehead atoms. The lowest BCUT2D eigenvalue weighted by Gasteiger charge is -2.11. The number of hydrogen-bond acceptors (Lipinski definition) is 5. The van der Waals surface area contributed by atoms with E-state index in [4.69, 9.17) is 4.74 Å². The number of benzene rings is 2. The van der Waals surface area contributed by atoms with Gasteiger partial charge in [-0.3, -0.25) is 5.43 Å². The fourth-order valence-corrected chi connectivity index (χ4v) is 3.20. The van der Waals surface area contributed by atoms with Crippen molar-refractivity contribution in [1.29, 1.82) is 0 Å². The zero-order valence-corrected chi connectivity index (χ0v) is 14.3. The number of rotatable bonds is 6. The van der Waals surface area contributed by atoms with Gasteiger partial charge in [0.15, 0.2) is 0 Å². The first-order valence-corrected chi connectivity index (χ1v) is 9.01. The van der Waals surface area contributed by atoms with Crippen LogP contribution in [0.3, 0.4) is 0 Å². The Bertz CT molecular complexity index is 960. The van der Waals surface area contributed by atoms with E-state index in [2.05, 4.69) is 15.2 Å². The first-order valence-electron chi connectivity index (χ1n) is 7.52. The number of sulfonamides is 1. The highest BCUT2D eigenvalue weighted by atomic mass is 32.2. The van der Waals surface area contributed by atoms with Crippen LogP contribution in [-0.4, -0.2) is 20.5 Å². The summed E-state index contributed by atoms with van der Waals surface area (Å²) in [6.07, 6.45) is 1.60. The van der Waals surface area contributed by atoms with Crippen molar-refractivity contribution in [3.8, 4) is 16.9 Å². The van der Waals surface area contributed by atoms with Crippen LogP contribution in [0.1, 0.15) is 0 Å². The van der Waals surface area contributed by atoms with Gasteiger partial charge in [0.25, 0.3) is 10.0 Å². The largest absolute Gasteiger partial charge is 0.496 e. The molecule has 128 valence electrons. The van der Waals surface area contributed by atoms with E-state index in [0.717, 1.165) is 16.9 Å². The zero-order valence-electron chi connectivity index (χ0n) is 13.5. The number of anilines is 1. The van der Waals surface area contributed by atoms with Crippen molar-refractivity contribution in [2.24, 2.45) is 0 Å². The number of nitrogens with zero attached hydrogens (tertiary/aromatic N) is 1. The summed E-state index contributed by atoms with van der Waals surface area (Å²) in [4.78, 5) is 6.64. The average Bonchev–Trinajstić information content (AvgIpc) is 2.67. The minimum atomic E-state index is -3.67. The second-order valence-electron chi connectivity index (χ2n) is 5.17. The van der Waals surface area contributed by atoms with Crippen molar-refractivity contribution < 1.29 is 13.2 Å². The smallest absolute Gasteiger partial charge is 0.257 e. The van der Waals surface area contributed by atoms with Crippen LogP contribution < -0.4 is 15.0 Å². The molecule has 6 nitrogen and oxygen atoms in total. The van der Waals surface area contributed by atoms with Crippen molar-refractivity contribution in [2.75, 3.05) is 12.5 Å². The summed E-state index contributed by atoms with van der Waals surface area (Å²) in [6.45, 7) is 0. The van der Waals surface area contributed by atoms with Gasteiger partial charge in [0, 0.05) is 11.8 Å². The van der Waals surface area contributed by atoms with Gasteiger partial charge >= 0.3 is 0 Å². The van der Waals surface area contributed by atoms with Gasteiger partial charge in [0.2, 0.25) is 0 Å². The van der Waals surface area contributed by atoms with Crippen LogP contribution in [0.15, 0.2) is 77.8 Å². The summed E-state index contributed by atoms with van der Waals surface area (Å²) in [6, 6.07) is 19.3. The van der Waals surface area contributed by atoms with Gasteiger partial charge in [-0.05, 0) is 35.9 Å². The molecule has 0 aliphatic heterocycles. The number of methoxy groups -OCH3 is 1. The first kappa shape index (κ1) is 16.9. The number of aromatic nitrogens is 1. The van der Waals surface area contributed by atoms with E-state index >= 15 is 0 Å². The number of hydrogen-bond donors (Lipinski definition) is 2. The van der Waals surface area contributed by atoms with Crippen LogP contribution in [0.4, 0.5) is 5.82 Å². The molecule has 25 heavy (non-hydrogen) atoms. The molecule has 3 rings (SSSR count). The van der Waals surface area contributed by atoms with Gasteiger partial charge in [-0.15, -0.1) is 4.83 Å². The second kappa shape index (κ2) is 7.33. The van der Waals surface area contributed by atoms with Gasteiger partial charge in [-0.25, -0.2) is 13.4 Å². The molecule has 2 N–H and O–H groups in total. The molecule has 7 heteroatoms. The molecule has 0 atom stereocenters. The Hall–Kier alpha value is -2.90. The first-order chi connectivity index (χ1) is 12.1. The molecule has 0 aliphatic carbocycles. The Morgan fingerprint density at radius 2 is 1.68 bits per heavy atom. The predicted octanol–water partition coefficient (Wildman–Crippen LogP) is 3.06. The summed E-state index contributed by atoms with van der Waals surface area (Å²) in [5.74, 6) is 1.10. The molecular weight excluding hydrogens is 338 g/mol. The van der Waals surface area contributed by atoms with Crippen molar-refractivity contribution in [1.82, 2.24) is 9.82 Å². The van der Waals surface area contributed by atoms with Crippen LogP contribution >= 0.6 is 0 Å². The van der Waals surface area contributed by atoms with Crippen LogP contribution in [0.2, 0.25) is 0 Å². The maximum Gasteiger partial charge on any atom is 0.257 e. The zero-order chi connectivity index (χ0) is 17.7. The highest BCUT2D eigenvalue weighted by molar-refractivity contribution is 7.89. The Kier molecular flexibility index (Phi) is 4.97. The Morgan fingerprint density at radius 3 is 2.44 bits per heavy atom. The van der Waals surface area contributed by atoms with Gasteiger partial charge in [0.1, 0.15) is 11.6 Å². The van der Waals surface area contributed by atoms with Crippen LogP contribution in [-0.2, 0) is 10.0 Å². The van der Waals surface area contributed by atoms with E-state index in [-0.39, 0.29) is 4.90 Å². The van der Waals surface area contributed by atoms with Crippen LogP contribution in [0.25, 0.3) is 11.1 Å². The standard InChI is InChI=1S/C18H17N3O3S/c1-24-17-10-6-5-9-16(17)14-11-12-19-18(13-14)20-21-25(22,23)15-7-3-2-4-8-15/h2-13,21H,1H3,(H,19,20). The molecular formula is C18H17N3O3S. The molecule has 0 spiro atoms. The summed E-state index contributed by atoms with van der Waals surface area (Å²) >= 11 is 0. The number of hydrazine groups is 1. The fraction of sp³-hybridized carbons (Fsp3) is 0.0556. The molecule has 1 aromatic heterocycles. The van der Waals surface area contributed by atoms with Crippen molar-refractivity contribution in [3.63, 3.8) is 0 Å². The van der Waals surface area contributed by atoms with Gasteiger partial charge in [-0.2, -0.15) is 0 Å². The van der Waals surface area contributed by atoms with Crippen LogP contribution in [0.5, 0.6) is 5.75 Å². The number of nitrogens with one attached hydrogen (secondary N) is 2. The lowest BCUT2D eigenvalue weighted by molar-refractivity contribution is 0.416. The fourth-order valence-electron chi connectivity index (χ4n) is 2.33. The predicted molar refractivity (Wildman–Crippen MR) is 96.6 cm³/mol. The highest BCUT2D eigenvalue weighted by Gasteiger charge is 2.13. The minimum absolute atomic E-state index is 0.170. The monoisotopic (exact) mass is 355 g/mol. The maximum absolute atomic E-state index is 12.2. The number of ether oxygens (including phenoxy) is 1. The Morgan fingerprint density at radius 1 is 0.960 bits per heavy atom. The molecule has 0 aliphatic rings. The molecule has 0 saturated carbocycles. The van der Waals surface area contributed by atoms with Crippen LogP contribution in [0, 0.1) is 0 Å². The van der Waals surface area contributed by atoms with E-state index in [1.165, 1.54) is 12.1 Å². The Balaban J connectivity index is 1.81. The molecule has 0 radical (unpaired) electrons. The Labute approximate surface area is 146 Å². The maximum atomic E-state index is 12.2. The molecule has 0 amide bonds. The number of pyridine rings is 1. The summed E-state index contributed by atoms with van der Waals surface area (Å²) in [5, 5.41) is 0. The topological polar surface area (TPSA) is 80.3 Å². The van der Waals surface area contributed by atoms with Gasteiger partial charge in [0.05, 0.1) is 12.0 Å². The lowest BCUT2D eigenvalue weighted by Crippen LogP contribution is -2.29. The van der Waals surface area contributed by atoms with Crippen molar-refractivity contribution >= 4 is 15.8 Å². The molecule has 3 aromatic rings. The SMILES string of the molecule is COc1ccccc1-c1ccnc(NNS(=O)(=O)c2ccccc2)c1. The van der Waals surface area contributed by atoms with E-state index < -0.39 is 10.0 Å². The third-order valence-electron chi connectivity index (χ3n) is 3.54. The van der Waals surface area contributed by atoms with E-state index in [9.17, 15) is 8.42 Å². The molecule has 1 heterocycles. The third-order valence-corrected chi connectivity index (χ3v) is 4.81. The van der Waals surface area contributed by atoms with Gasteiger partial charge < -0.3 is 4.74 Å². The second-order valence-corrected chi connectivity index (χ2v) is 6.86. The normalized spacial score (nSPS) is 11.1. The van der Waals surface area contributed by atoms with Crippen molar-refractivity contribution in [3.05, 3.63) is 72.9 Å². The molecule has 0 fully saturated rings. The average molecular weight is 355 g/mol. The van der Waals surface area contributed by atoms with E-state index in [1.54, 1.807) is 37.6 Å². The summed E-state index contributed by atoms with van der Waals surface area (Å²) in [5.41, 5.74) is 4.39. The van der Waals surface area contributed by atoms with E-state index in [0.29, 0.717) is 5.82 Å². The third kappa shape index (κ3) is 3.96. The summed E-state index contributed by atoms with van der Waals surface area (Å²) in [7, 11) is -2.07. The minimum Gasteiger partial charge on any atom is -0.496 e. The highest BCUT2D eigenvalue weighted by Crippen LogP contribution is 2.30. The lowest BCUT2D eigenvalue weighted by atomic mass is 10.1. The number of para-hydroxylation sites is 1. The van der Waals surface area contributed by atoms with Gasteiger partial charge in [-0.1, -0.05) is 36.4 Å². The molecule has 0 saturated heterocycles. The molecule has 0 unspecified atom stereocenters. The van der Waals surface area contributed by atoms with Crippen molar-refractivity contribution in [2.45, 2.75) is 4.90 Å². The van der Waals surface area contributed by atoms with E-state index in [1.807, 2.05) is 30.3 Å². The molecule has 2 aromatic carbocycles.